The standard InChI is InChI=1S/C44H87N2/c1-4-7-10-13-16-19-21-23-24-25-27-29-32-35-38-41-46-43-42-45(40-37-34-31-18-15-12-9-6-3)44(46)39-36-33-30-28-26-22-20-17-14-11-8-5-2/h42-43H,4-41H2,1-3H3/q+1. The third-order valence-corrected chi connectivity index (χ3v) is 10.6. The molecule has 0 saturated heterocycles. The topological polar surface area (TPSA) is 8.81 Å². The van der Waals surface area contributed by atoms with Gasteiger partial charge < -0.3 is 0 Å². The molecule has 0 N–H and O–H groups in total. The summed E-state index contributed by atoms with van der Waals surface area (Å²) in [6.45, 7) is 9.41. The highest BCUT2D eigenvalue weighted by Crippen LogP contribution is 2.16. The zero-order chi connectivity index (χ0) is 33.0. The quantitative estimate of drug-likeness (QED) is 0.0501. The molecule has 0 aliphatic rings. The van der Waals surface area contributed by atoms with Crippen molar-refractivity contribution in [1.29, 1.82) is 0 Å². The van der Waals surface area contributed by atoms with Gasteiger partial charge in [-0.1, -0.05) is 213 Å². The first-order chi connectivity index (χ1) is 22.8. The Balaban J connectivity index is 2.25. The lowest BCUT2D eigenvalue weighted by molar-refractivity contribution is -0.704. The van der Waals surface area contributed by atoms with Gasteiger partial charge in [-0.25, -0.2) is 9.13 Å². The molecule has 1 rings (SSSR count). The lowest BCUT2D eigenvalue weighted by Gasteiger charge is -2.07. The van der Waals surface area contributed by atoms with Gasteiger partial charge in [0.05, 0.1) is 13.1 Å². The Morgan fingerprint density at radius 1 is 0.370 bits per heavy atom. The largest absolute Gasteiger partial charge is 0.256 e. The zero-order valence-corrected chi connectivity index (χ0v) is 32.4. The average Bonchev–Trinajstić information content (AvgIpc) is 3.45. The van der Waals surface area contributed by atoms with Gasteiger partial charge in [-0.3, -0.25) is 0 Å². The van der Waals surface area contributed by atoms with Gasteiger partial charge in [-0.2, -0.15) is 0 Å². The lowest BCUT2D eigenvalue weighted by Crippen LogP contribution is -2.37. The fourth-order valence-electron chi connectivity index (χ4n) is 7.39. The molecule has 0 atom stereocenters. The van der Waals surface area contributed by atoms with Gasteiger partial charge in [0.15, 0.2) is 0 Å². The van der Waals surface area contributed by atoms with E-state index in [0.29, 0.717) is 0 Å². The van der Waals surface area contributed by atoms with Gasteiger partial charge in [0.2, 0.25) is 0 Å². The van der Waals surface area contributed by atoms with Gasteiger partial charge in [-0.15, -0.1) is 0 Å². The van der Waals surface area contributed by atoms with Crippen molar-refractivity contribution < 1.29 is 4.57 Å². The zero-order valence-electron chi connectivity index (χ0n) is 32.4. The van der Waals surface area contributed by atoms with Crippen molar-refractivity contribution in [2.45, 2.75) is 265 Å². The first-order valence-electron chi connectivity index (χ1n) is 21.9. The molecule has 0 saturated carbocycles. The molecule has 0 unspecified atom stereocenters. The van der Waals surface area contributed by atoms with Crippen LogP contribution >= 0.6 is 0 Å². The third-order valence-electron chi connectivity index (χ3n) is 10.6. The Morgan fingerprint density at radius 2 is 0.674 bits per heavy atom. The Morgan fingerprint density at radius 3 is 1.04 bits per heavy atom. The molecule has 0 amide bonds. The molecular formula is C44H87N2+. The molecule has 0 radical (unpaired) electrons. The highest BCUT2D eigenvalue weighted by atomic mass is 15.1. The highest BCUT2D eigenvalue weighted by molar-refractivity contribution is 4.84. The van der Waals surface area contributed by atoms with Crippen LogP contribution in [0.15, 0.2) is 12.4 Å². The number of imidazole rings is 1. The fourth-order valence-corrected chi connectivity index (χ4v) is 7.39. The Bertz CT molecular complexity index is 707. The number of unbranched alkanes of at least 4 members (excludes halogenated alkanes) is 32. The van der Waals surface area contributed by atoms with Crippen LogP contribution in [0, 0.1) is 0 Å². The molecule has 272 valence electrons. The van der Waals surface area contributed by atoms with Crippen molar-refractivity contribution in [3.05, 3.63) is 18.2 Å². The van der Waals surface area contributed by atoms with E-state index in [9.17, 15) is 0 Å². The van der Waals surface area contributed by atoms with Crippen LogP contribution in [0.2, 0.25) is 0 Å². The summed E-state index contributed by atoms with van der Waals surface area (Å²) in [7, 11) is 0. The molecule has 0 aromatic carbocycles. The van der Waals surface area contributed by atoms with Gasteiger partial charge >= 0.3 is 0 Å². The second-order valence-corrected chi connectivity index (χ2v) is 15.2. The van der Waals surface area contributed by atoms with Crippen molar-refractivity contribution in [3.63, 3.8) is 0 Å². The van der Waals surface area contributed by atoms with Crippen molar-refractivity contribution in [2.75, 3.05) is 0 Å². The maximum absolute atomic E-state index is 2.64. The van der Waals surface area contributed by atoms with Gasteiger partial charge in [0.25, 0.3) is 5.82 Å². The summed E-state index contributed by atoms with van der Waals surface area (Å²) < 4.78 is 5.28. The van der Waals surface area contributed by atoms with Crippen LogP contribution in [-0.4, -0.2) is 4.57 Å². The number of aryl methyl sites for hydroxylation is 2. The lowest BCUT2D eigenvalue weighted by atomic mass is 10.0. The molecule has 0 fully saturated rings. The van der Waals surface area contributed by atoms with Gasteiger partial charge in [0.1, 0.15) is 12.4 Å². The van der Waals surface area contributed by atoms with Crippen molar-refractivity contribution in [1.82, 2.24) is 4.57 Å². The van der Waals surface area contributed by atoms with Crippen LogP contribution in [0.25, 0.3) is 0 Å². The Hall–Kier alpha value is -0.790. The molecule has 2 nitrogen and oxygen atoms in total. The van der Waals surface area contributed by atoms with E-state index in [1.807, 2.05) is 0 Å². The van der Waals surface area contributed by atoms with Crippen LogP contribution in [0.4, 0.5) is 0 Å². The van der Waals surface area contributed by atoms with E-state index in [1.165, 1.54) is 244 Å². The highest BCUT2D eigenvalue weighted by Gasteiger charge is 2.16. The minimum atomic E-state index is 1.23. The number of nitrogens with zero attached hydrogens (tertiary/aromatic N) is 2. The Labute approximate surface area is 291 Å². The summed E-state index contributed by atoms with van der Waals surface area (Å²) in [4.78, 5) is 0. The van der Waals surface area contributed by atoms with Crippen molar-refractivity contribution >= 4 is 0 Å². The number of rotatable bonds is 38. The van der Waals surface area contributed by atoms with E-state index < -0.39 is 0 Å². The summed E-state index contributed by atoms with van der Waals surface area (Å²) in [5.74, 6) is 1.63. The van der Waals surface area contributed by atoms with Gasteiger partial charge in [0, 0.05) is 6.42 Å². The summed E-state index contributed by atoms with van der Waals surface area (Å²) >= 11 is 0. The normalized spacial score (nSPS) is 11.6. The predicted octanol–water partition coefficient (Wildman–Crippen LogP) is 15.0. The number of hydrogen-bond donors (Lipinski definition) is 0. The summed E-state index contributed by atoms with van der Waals surface area (Å²) in [6, 6.07) is 0. The molecule has 0 aliphatic heterocycles. The monoisotopic (exact) mass is 644 g/mol. The summed E-state index contributed by atoms with van der Waals surface area (Å²) in [6.07, 6.45) is 56.3. The van der Waals surface area contributed by atoms with E-state index in [-0.39, 0.29) is 0 Å². The molecule has 1 aromatic rings. The molecule has 46 heavy (non-hydrogen) atoms. The first-order valence-corrected chi connectivity index (χ1v) is 21.9. The molecule has 1 heterocycles. The molecule has 0 spiro atoms. The molecular weight excluding hydrogens is 556 g/mol. The van der Waals surface area contributed by atoms with E-state index >= 15 is 0 Å². The molecule has 0 bridgehead atoms. The van der Waals surface area contributed by atoms with Crippen LogP contribution in [-0.2, 0) is 19.5 Å². The van der Waals surface area contributed by atoms with Crippen LogP contribution in [0.3, 0.4) is 0 Å². The third kappa shape index (κ3) is 27.2. The number of hydrogen-bond acceptors (Lipinski definition) is 0. The maximum Gasteiger partial charge on any atom is 0.256 e. The second-order valence-electron chi connectivity index (χ2n) is 15.2. The predicted molar refractivity (Wildman–Crippen MR) is 207 cm³/mol. The summed E-state index contributed by atoms with van der Waals surface area (Å²) in [5.41, 5.74) is 0. The molecule has 1 aromatic heterocycles. The summed E-state index contributed by atoms with van der Waals surface area (Å²) in [5, 5.41) is 0. The Kier molecular flexibility index (Phi) is 33.4. The smallest absolute Gasteiger partial charge is 0.234 e. The van der Waals surface area contributed by atoms with E-state index in [1.54, 1.807) is 5.82 Å². The minimum Gasteiger partial charge on any atom is -0.234 e. The van der Waals surface area contributed by atoms with E-state index in [0.717, 1.165) is 0 Å². The second kappa shape index (κ2) is 35.5. The van der Waals surface area contributed by atoms with Crippen LogP contribution in [0.5, 0.6) is 0 Å². The molecule has 0 aliphatic carbocycles. The van der Waals surface area contributed by atoms with Crippen molar-refractivity contribution in [2.24, 2.45) is 0 Å². The van der Waals surface area contributed by atoms with E-state index in [4.69, 9.17) is 0 Å². The first kappa shape index (κ1) is 43.2. The molecule has 2 heteroatoms. The van der Waals surface area contributed by atoms with Crippen LogP contribution < -0.4 is 4.57 Å². The fraction of sp³-hybridized carbons (Fsp3) is 0.932. The van der Waals surface area contributed by atoms with Crippen LogP contribution in [0.1, 0.15) is 251 Å². The average molecular weight is 644 g/mol. The van der Waals surface area contributed by atoms with Gasteiger partial charge in [-0.05, 0) is 32.1 Å². The van der Waals surface area contributed by atoms with Crippen molar-refractivity contribution in [3.8, 4) is 0 Å². The number of aromatic nitrogens is 2. The minimum absolute atomic E-state index is 1.23. The SMILES string of the molecule is CCCCCCCCCCCCCCCCCn1cc[n+](CCCCCCCCCC)c1CCCCCCCCCCCCCC. The van der Waals surface area contributed by atoms with E-state index in [2.05, 4.69) is 42.3 Å². The maximum atomic E-state index is 2.64.